The summed E-state index contributed by atoms with van der Waals surface area (Å²) < 4.78 is 31.0. The van der Waals surface area contributed by atoms with E-state index in [1.54, 1.807) is 22.6 Å². The van der Waals surface area contributed by atoms with Crippen molar-refractivity contribution in [1.29, 1.82) is 0 Å². The highest BCUT2D eigenvalue weighted by molar-refractivity contribution is 14.1. The first kappa shape index (κ1) is 14.8. The van der Waals surface area contributed by atoms with Crippen LogP contribution in [0.4, 0.5) is 8.78 Å². The number of aliphatic hydroxyl groups is 1. The summed E-state index contributed by atoms with van der Waals surface area (Å²) >= 11 is 3.68. The topological polar surface area (TPSA) is 66.8 Å². The van der Waals surface area contributed by atoms with Crippen molar-refractivity contribution < 1.29 is 28.5 Å². The van der Waals surface area contributed by atoms with Crippen LogP contribution in [-0.4, -0.2) is 22.3 Å². The minimum atomic E-state index is -4.32. The van der Waals surface area contributed by atoms with Crippen LogP contribution in [-0.2, 0) is 11.4 Å². The highest BCUT2D eigenvalue weighted by atomic mass is 127. The molecule has 1 aromatic carbocycles. The second-order valence-corrected chi connectivity index (χ2v) is 5.37. The Morgan fingerprint density at radius 3 is 2.47 bits per heavy atom. The molecule has 0 spiro atoms. The lowest BCUT2D eigenvalue weighted by atomic mass is 10.2. The van der Waals surface area contributed by atoms with E-state index in [1.165, 1.54) is 12.1 Å². The average molecular weight is 470 g/mol. The van der Waals surface area contributed by atoms with E-state index in [4.69, 9.17) is 10.2 Å². The van der Waals surface area contributed by atoms with Crippen molar-refractivity contribution in [3.63, 3.8) is 0 Å². The summed E-state index contributed by atoms with van der Waals surface area (Å²) in [6, 6.07) is 2.98. The van der Waals surface area contributed by atoms with Gasteiger partial charge in [-0.25, -0.2) is 4.79 Å². The van der Waals surface area contributed by atoms with E-state index in [2.05, 4.69) is 4.74 Å². The van der Waals surface area contributed by atoms with Gasteiger partial charge in [0.2, 0.25) is 0 Å². The molecule has 0 fully saturated rings. The van der Waals surface area contributed by atoms with Gasteiger partial charge in [0.1, 0.15) is 5.75 Å². The van der Waals surface area contributed by atoms with Crippen LogP contribution < -0.4 is 4.74 Å². The number of alkyl halides is 2. The van der Waals surface area contributed by atoms with Crippen molar-refractivity contribution in [1.82, 2.24) is 0 Å². The summed E-state index contributed by atoms with van der Waals surface area (Å²) in [5.74, 6) is -2.70. The van der Waals surface area contributed by atoms with Crippen LogP contribution in [0.25, 0.3) is 0 Å². The van der Waals surface area contributed by atoms with E-state index in [0.29, 0.717) is 3.57 Å². The molecule has 0 unspecified atom stereocenters. The van der Waals surface area contributed by atoms with Gasteiger partial charge >= 0.3 is 12.1 Å². The fourth-order valence-corrected chi connectivity index (χ4v) is 3.09. The van der Waals surface area contributed by atoms with E-state index in [0.717, 1.165) is 3.57 Å². The lowest BCUT2D eigenvalue weighted by molar-refractivity contribution is -0.211. The van der Waals surface area contributed by atoms with Crippen LogP contribution >= 0.6 is 45.2 Å². The van der Waals surface area contributed by atoms with Gasteiger partial charge in [0.25, 0.3) is 0 Å². The fourth-order valence-electron chi connectivity index (χ4n) is 1.02. The zero-order chi connectivity index (χ0) is 13.2. The van der Waals surface area contributed by atoms with Gasteiger partial charge in [-0.1, -0.05) is 0 Å². The molecule has 1 aromatic rings. The molecule has 2 N–H and O–H groups in total. The molecule has 0 aliphatic carbocycles. The molecule has 8 heteroatoms. The van der Waals surface area contributed by atoms with Crippen LogP contribution in [0, 0.1) is 7.14 Å². The summed E-state index contributed by atoms with van der Waals surface area (Å²) in [7, 11) is 0. The van der Waals surface area contributed by atoms with Crippen LogP contribution in [0.5, 0.6) is 5.75 Å². The van der Waals surface area contributed by atoms with Gasteiger partial charge in [-0.2, -0.15) is 8.78 Å². The summed E-state index contributed by atoms with van der Waals surface area (Å²) in [6.07, 6.45) is -4.32. The van der Waals surface area contributed by atoms with Crippen LogP contribution in [0.1, 0.15) is 5.56 Å². The second-order valence-electron chi connectivity index (χ2n) is 2.96. The van der Waals surface area contributed by atoms with Crippen LogP contribution in [0.2, 0.25) is 0 Å². The number of rotatable bonds is 4. The molecule has 0 saturated carbocycles. The average Bonchev–Trinajstić information content (AvgIpc) is 2.21. The third-order valence-corrected chi connectivity index (χ3v) is 3.16. The molecule has 0 aliphatic rings. The van der Waals surface area contributed by atoms with Crippen molar-refractivity contribution in [3.05, 3.63) is 24.8 Å². The lowest BCUT2D eigenvalue weighted by Gasteiger charge is -2.17. The van der Waals surface area contributed by atoms with Gasteiger partial charge < -0.3 is 14.9 Å². The van der Waals surface area contributed by atoms with Crippen molar-refractivity contribution in [3.8, 4) is 5.75 Å². The molecule has 17 heavy (non-hydrogen) atoms. The number of hydrogen-bond acceptors (Lipinski definition) is 3. The Balaban J connectivity index is 3.18. The van der Waals surface area contributed by atoms with Gasteiger partial charge in [-0.3, -0.25) is 0 Å². The van der Waals surface area contributed by atoms with Gasteiger partial charge in [0, 0.05) is 9.13 Å². The molecule has 0 atom stereocenters. The predicted molar refractivity (Wildman–Crippen MR) is 71.0 cm³/mol. The molecule has 0 saturated heterocycles. The first-order chi connectivity index (χ1) is 7.77. The Kier molecular flexibility index (Phi) is 4.89. The quantitative estimate of drug-likeness (QED) is 0.665. The van der Waals surface area contributed by atoms with E-state index >= 15 is 0 Å². The zero-order valence-electron chi connectivity index (χ0n) is 8.08. The maximum Gasteiger partial charge on any atom is 0.501 e. The summed E-state index contributed by atoms with van der Waals surface area (Å²) in [4.78, 5) is 10.3. The smallest absolute Gasteiger partial charge is 0.474 e. The normalized spacial score (nSPS) is 11.4. The number of ether oxygens (including phenoxy) is 1. The molecule has 0 bridgehead atoms. The number of carbonyl (C=O) groups is 1. The monoisotopic (exact) mass is 470 g/mol. The summed E-state index contributed by atoms with van der Waals surface area (Å²) in [5.41, 5.74) is 0.113. The highest BCUT2D eigenvalue weighted by Crippen LogP contribution is 2.32. The van der Waals surface area contributed by atoms with E-state index in [9.17, 15) is 13.6 Å². The van der Waals surface area contributed by atoms with E-state index in [-0.39, 0.29) is 11.3 Å². The number of benzene rings is 1. The minimum Gasteiger partial charge on any atom is -0.474 e. The van der Waals surface area contributed by atoms with Crippen molar-refractivity contribution in [2.75, 3.05) is 0 Å². The number of halogens is 4. The van der Waals surface area contributed by atoms with E-state index in [1.807, 2.05) is 22.6 Å². The maximum absolute atomic E-state index is 12.9. The van der Waals surface area contributed by atoms with Crippen LogP contribution in [0.3, 0.4) is 0 Å². The number of carboxylic acids is 1. The van der Waals surface area contributed by atoms with Crippen molar-refractivity contribution >= 4 is 51.2 Å². The standard InChI is InChI=1S/C9H6F2I2O4/c10-9(11,8(15)16)17-7-4(3-14)1-5(12)2-6(7)13/h1-2,14H,3H2,(H,15,16). The second kappa shape index (κ2) is 5.61. The Bertz CT molecular complexity index is 451. The Labute approximate surface area is 122 Å². The molecule has 0 amide bonds. The minimum absolute atomic E-state index is 0.113. The molecule has 4 nitrogen and oxygen atoms in total. The molecule has 0 aromatic heterocycles. The lowest BCUT2D eigenvalue weighted by Crippen LogP contribution is -2.35. The molecule has 0 heterocycles. The Morgan fingerprint density at radius 1 is 1.41 bits per heavy atom. The summed E-state index contributed by atoms with van der Waals surface area (Å²) in [5, 5.41) is 17.3. The first-order valence-corrected chi connectivity index (χ1v) is 6.32. The third-order valence-electron chi connectivity index (χ3n) is 1.73. The predicted octanol–water partition coefficient (Wildman–Crippen LogP) is 2.44. The SMILES string of the molecule is O=C(O)C(F)(F)Oc1c(I)cc(I)cc1CO. The molecule has 1 rings (SSSR count). The van der Waals surface area contributed by atoms with Gasteiger partial charge in [0.15, 0.2) is 0 Å². The van der Waals surface area contributed by atoms with Crippen molar-refractivity contribution in [2.24, 2.45) is 0 Å². The number of aliphatic carboxylic acids is 1. The van der Waals surface area contributed by atoms with Gasteiger partial charge in [-0.15, -0.1) is 0 Å². The molecular formula is C9H6F2I2O4. The van der Waals surface area contributed by atoms with Crippen molar-refractivity contribution in [2.45, 2.75) is 12.7 Å². The molecule has 94 valence electrons. The maximum atomic E-state index is 12.9. The third kappa shape index (κ3) is 3.61. The number of hydrogen-bond donors (Lipinski definition) is 2. The zero-order valence-corrected chi connectivity index (χ0v) is 12.4. The summed E-state index contributed by atoms with van der Waals surface area (Å²) in [6.45, 7) is -0.516. The van der Waals surface area contributed by atoms with E-state index < -0.39 is 18.7 Å². The molecular weight excluding hydrogens is 464 g/mol. The molecule has 0 aliphatic heterocycles. The van der Waals surface area contributed by atoms with Gasteiger partial charge in [0.05, 0.1) is 10.2 Å². The number of carboxylic acid groups (broad SMARTS) is 1. The largest absolute Gasteiger partial charge is 0.501 e. The molecule has 0 radical (unpaired) electrons. The van der Waals surface area contributed by atoms with Crippen LogP contribution in [0.15, 0.2) is 12.1 Å². The van der Waals surface area contributed by atoms with Gasteiger partial charge in [-0.05, 0) is 57.3 Å². The highest BCUT2D eigenvalue weighted by Gasteiger charge is 2.43. The first-order valence-electron chi connectivity index (χ1n) is 4.17. The number of aliphatic hydroxyl groups excluding tert-OH is 1. The Hall–Kier alpha value is -0.230. The Morgan fingerprint density at radius 2 is 2.00 bits per heavy atom. The fraction of sp³-hybridized carbons (Fsp3) is 0.222.